The molecule has 2 rings (SSSR count). The van der Waals surface area contributed by atoms with E-state index in [9.17, 15) is 8.42 Å². The number of hydrogen-bond donors (Lipinski definition) is 1. The van der Waals surface area contributed by atoms with Crippen LogP contribution in [0.2, 0.25) is 0 Å². The van der Waals surface area contributed by atoms with Gasteiger partial charge in [0.2, 0.25) is 0 Å². The predicted molar refractivity (Wildman–Crippen MR) is 79.8 cm³/mol. The fourth-order valence-corrected chi connectivity index (χ4v) is 5.49. The monoisotopic (exact) mass is 287 g/mol. The van der Waals surface area contributed by atoms with Gasteiger partial charge >= 0.3 is 0 Å². The van der Waals surface area contributed by atoms with Crippen molar-refractivity contribution in [1.29, 1.82) is 0 Å². The van der Waals surface area contributed by atoms with Crippen molar-refractivity contribution in [3.8, 4) is 0 Å². The molecular formula is C15H29NO2S. The van der Waals surface area contributed by atoms with Crippen molar-refractivity contribution in [2.24, 2.45) is 17.1 Å². The Kier molecular flexibility index (Phi) is 4.05. The van der Waals surface area contributed by atoms with E-state index in [0.717, 1.165) is 32.1 Å². The first-order valence-corrected chi connectivity index (χ1v) is 9.60. The van der Waals surface area contributed by atoms with Crippen molar-refractivity contribution in [2.75, 3.05) is 6.26 Å². The summed E-state index contributed by atoms with van der Waals surface area (Å²) in [6.07, 6.45) is 9.78. The van der Waals surface area contributed by atoms with E-state index in [-0.39, 0.29) is 16.2 Å². The third kappa shape index (κ3) is 2.85. The maximum absolute atomic E-state index is 11.8. The fourth-order valence-electron chi connectivity index (χ4n) is 4.31. The van der Waals surface area contributed by atoms with Crippen LogP contribution in [0.5, 0.6) is 0 Å². The first-order chi connectivity index (χ1) is 8.67. The van der Waals surface area contributed by atoms with Gasteiger partial charge in [-0.3, -0.25) is 0 Å². The Balaban J connectivity index is 2.20. The zero-order valence-corrected chi connectivity index (χ0v) is 13.4. The third-order valence-electron chi connectivity index (χ3n) is 5.86. The van der Waals surface area contributed by atoms with E-state index in [4.69, 9.17) is 5.73 Å². The van der Waals surface area contributed by atoms with Crippen LogP contribution in [-0.4, -0.2) is 25.5 Å². The molecule has 0 aromatic carbocycles. The number of sulfone groups is 1. The number of hydrogen-bond acceptors (Lipinski definition) is 3. The first-order valence-electron chi connectivity index (χ1n) is 7.64. The lowest BCUT2D eigenvalue weighted by molar-refractivity contribution is 0.0280. The molecule has 19 heavy (non-hydrogen) atoms. The number of nitrogens with two attached hydrogens (primary N) is 1. The minimum atomic E-state index is -2.92. The topological polar surface area (TPSA) is 60.2 Å². The molecule has 0 radical (unpaired) electrons. The number of rotatable bonds is 2. The molecule has 2 aliphatic rings. The fraction of sp³-hybridized carbons (Fsp3) is 1.00. The normalized spacial score (nSPS) is 40.0. The third-order valence-corrected chi connectivity index (χ3v) is 7.50. The highest BCUT2D eigenvalue weighted by Gasteiger charge is 2.50. The summed E-state index contributed by atoms with van der Waals surface area (Å²) < 4.78 is 23.7. The van der Waals surface area contributed by atoms with Crippen molar-refractivity contribution < 1.29 is 8.42 Å². The van der Waals surface area contributed by atoms with Gasteiger partial charge in [-0.05, 0) is 43.4 Å². The average Bonchev–Trinajstić information content (AvgIpc) is 2.32. The van der Waals surface area contributed by atoms with Crippen LogP contribution < -0.4 is 5.73 Å². The van der Waals surface area contributed by atoms with E-state index in [1.165, 1.54) is 25.5 Å². The van der Waals surface area contributed by atoms with Crippen LogP contribution in [0.4, 0.5) is 0 Å². The molecule has 0 aromatic rings. The van der Waals surface area contributed by atoms with Gasteiger partial charge in [0.05, 0.1) is 5.25 Å². The molecule has 112 valence electrons. The summed E-state index contributed by atoms with van der Waals surface area (Å²) in [7, 11) is -2.92. The summed E-state index contributed by atoms with van der Waals surface area (Å²) in [5.41, 5.74) is 6.78. The Morgan fingerprint density at radius 1 is 1.05 bits per heavy atom. The lowest BCUT2D eigenvalue weighted by Crippen LogP contribution is -2.61. The molecule has 2 fully saturated rings. The molecule has 0 heterocycles. The molecule has 0 spiro atoms. The van der Waals surface area contributed by atoms with E-state index in [1.807, 2.05) is 0 Å². The zero-order chi connectivity index (χ0) is 14.3. The minimum Gasteiger partial charge on any atom is -0.324 e. The Hall–Kier alpha value is -0.0900. The zero-order valence-electron chi connectivity index (χ0n) is 12.6. The Bertz CT molecular complexity index is 429. The van der Waals surface area contributed by atoms with Crippen molar-refractivity contribution >= 4 is 9.84 Å². The van der Waals surface area contributed by atoms with E-state index in [2.05, 4.69) is 13.8 Å². The lowest BCUT2D eigenvalue weighted by Gasteiger charge is -2.54. The maximum atomic E-state index is 11.8. The summed E-state index contributed by atoms with van der Waals surface area (Å²) in [4.78, 5) is 0. The van der Waals surface area contributed by atoms with Gasteiger partial charge in [-0.25, -0.2) is 8.42 Å². The van der Waals surface area contributed by atoms with Gasteiger partial charge in [0, 0.05) is 11.8 Å². The first kappa shape index (κ1) is 15.3. The molecule has 3 atom stereocenters. The van der Waals surface area contributed by atoms with Crippen LogP contribution in [-0.2, 0) is 9.84 Å². The summed E-state index contributed by atoms with van der Waals surface area (Å²) >= 11 is 0. The smallest absolute Gasteiger partial charge is 0.150 e. The highest BCUT2D eigenvalue weighted by Crippen LogP contribution is 2.50. The van der Waals surface area contributed by atoms with Gasteiger partial charge in [0.25, 0.3) is 0 Å². The molecule has 0 bridgehead atoms. The van der Waals surface area contributed by atoms with Gasteiger partial charge in [-0.2, -0.15) is 0 Å². The minimum absolute atomic E-state index is 0.134. The second kappa shape index (κ2) is 5.03. The molecule has 2 aliphatic carbocycles. The maximum Gasteiger partial charge on any atom is 0.150 e. The van der Waals surface area contributed by atoms with Crippen LogP contribution in [0.3, 0.4) is 0 Å². The van der Waals surface area contributed by atoms with E-state index in [0.29, 0.717) is 5.92 Å². The second-order valence-electron chi connectivity index (χ2n) is 7.45. The van der Waals surface area contributed by atoms with Gasteiger partial charge in [0.15, 0.2) is 0 Å². The van der Waals surface area contributed by atoms with Crippen LogP contribution in [0.1, 0.15) is 65.2 Å². The standard InChI is InChI=1S/C15H29NO2S/c1-14(2)9-4-5-10-15(14,16)12-7-6-8-13(11-12)19(3,17)18/h12-13H,4-11,16H2,1-3H3. The predicted octanol–water partition coefficient (Wildman–Crippen LogP) is 2.89. The Labute approximate surface area is 118 Å². The summed E-state index contributed by atoms with van der Waals surface area (Å²) in [6.45, 7) is 4.55. The second-order valence-corrected chi connectivity index (χ2v) is 9.77. The van der Waals surface area contributed by atoms with Gasteiger partial charge in [0.1, 0.15) is 9.84 Å². The SMILES string of the molecule is CC1(C)CCCCC1(N)C1CCCC(S(C)(=O)=O)C1. The van der Waals surface area contributed by atoms with Gasteiger partial charge in [-0.1, -0.05) is 33.1 Å². The van der Waals surface area contributed by atoms with Crippen molar-refractivity contribution in [3.63, 3.8) is 0 Å². The highest BCUT2D eigenvalue weighted by molar-refractivity contribution is 7.91. The molecular weight excluding hydrogens is 258 g/mol. The molecule has 0 amide bonds. The molecule has 3 nitrogen and oxygen atoms in total. The Morgan fingerprint density at radius 2 is 1.68 bits per heavy atom. The van der Waals surface area contributed by atoms with Crippen LogP contribution in [0.25, 0.3) is 0 Å². The average molecular weight is 287 g/mol. The van der Waals surface area contributed by atoms with Gasteiger partial charge < -0.3 is 5.73 Å². The van der Waals surface area contributed by atoms with E-state index >= 15 is 0 Å². The summed E-state index contributed by atoms with van der Waals surface area (Å²) in [5.74, 6) is 0.372. The van der Waals surface area contributed by atoms with Crippen molar-refractivity contribution in [3.05, 3.63) is 0 Å². The van der Waals surface area contributed by atoms with Crippen molar-refractivity contribution in [2.45, 2.75) is 76.0 Å². The largest absolute Gasteiger partial charge is 0.324 e. The highest BCUT2D eigenvalue weighted by atomic mass is 32.2. The van der Waals surface area contributed by atoms with Crippen LogP contribution in [0.15, 0.2) is 0 Å². The van der Waals surface area contributed by atoms with E-state index in [1.54, 1.807) is 0 Å². The molecule has 0 aliphatic heterocycles. The van der Waals surface area contributed by atoms with E-state index < -0.39 is 9.84 Å². The summed E-state index contributed by atoms with van der Waals surface area (Å²) in [6, 6.07) is 0. The van der Waals surface area contributed by atoms with Gasteiger partial charge in [-0.15, -0.1) is 0 Å². The molecule has 4 heteroatoms. The molecule has 3 unspecified atom stereocenters. The van der Waals surface area contributed by atoms with Crippen LogP contribution >= 0.6 is 0 Å². The molecule has 2 N–H and O–H groups in total. The molecule has 0 aromatic heterocycles. The lowest BCUT2D eigenvalue weighted by atomic mass is 9.56. The molecule has 0 saturated heterocycles. The Morgan fingerprint density at radius 3 is 2.26 bits per heavy atom. The molecule has 2 saturated carbocycles. The van der Waals surface area contributed by atoms with Crippen molar-refractivity contribution in [1.82, 2.24) is 0 Å². The van der Waals surface area contributed by atoms with Crippen LogP contribution in [0, 0.1) is 11.3 Å². The quantitative estimate of drug-likeness (QED) is 0.849. The summed E-state index contributed by atoms with van der Waals surface area (Å²) in [5, 5.41) is -0.163.